The first-order chi connectivity index (χ1) is 13.9. The zero-order valence-electron chi connectivity index (χ0n) is 16.1. The van der Waals surface area contributed by atoms with Gasteiger partial charge < -0.3 is 14.6 Å². The second kappa shape index (κ2) is 8.02. The van der Waals surface area contributed by atoms with Gasteiger partial charge in [-0.05, 0) is 42.8 Å². The number of carboxylic acids is 1. The Morgan fingerprint density at radius 3 is 2.34 bits per heavy atom. The number of hydrogen-bond acceptors (Lipinski definition) is 5. The molecule has 0 unspecified atom stereocenters. The summed E-state index contributed by atoms with van der Waals surface area (Å²) in [6.45, 7) is 1.66. The Morgan fingerprint density at radius 1 is 1.07 bits per heavy atom. The fraction of sp³-hybridized carbons (Fsp3) is 0.136. The molecule has 29 heavy (non-hydrogen) atoms. The molecule has 0 radical (unpaired) electrons. The van der Waals surface area contributed by atoms with Crippen LogP contribution in [0, 0.1) is 0 Å². The van der Waals surface area contributed by atoms with E-state index >= 15 is 0 Å². The molecule has 2 aromatic carbocycles. The van der Waals surface area contributed by atoms with Crippen LogP contribution in [-0.2, 0) is 14.3 Å². The summed E-state index contributed by atoms with van der Waals surface area (Å²) < 4.78 is 10.1. The van der Waals surface area contributed by atoms with Crippen LogP contribution in [0.2, 0.25) is 0 Å². The van der Waals surface area contributed by atoms with Crippen LogP contribution < -0.4 is 9.64 Å². The van der Waals surface area contributed by atoms with Gasteiger partial charge in [0.05, 0.1) is 36.6 Å². The fourth-order valence-corrected chi connectivity index (χ4v) is 3.13. The number of methoxy groups -OCH3 is 2. The maximum Gasteiger partial charge on any atom is 0.340 e. The SMILES string of the molecule is COC(=O)C1=C(C)N(c2cccc(OC)c2)C(=O)/C1=C/c1ccc(C(=O)O)cc1. The second-order valence-electron chi connectivity index (χ2n) is 6.28. The summed E-state index contributed by atoms with van der Waals surface area (Å²) in [7, 11) is 2.78. The van der Waals surface area contributed by atoms with Crippen molar-refractivity contribution in [2.24, 2.45) is 0 Å². The van der Waals surface area contributed by atoms with Gasteiger partial charge in [-0.1, -0.05) is 18.2 Å². The molecule has 0 atom stereocenters. The first-order valence-corrected chi connectivity index (χ1v) is 8.70. The number of hydrogen-bond donors (Lipinski definition) is 1. The van der Waals surface area contributed by atoms with Crippen molar-refractivity contribution in [3.63, 3.8) is 0 Å². The van der Waals surface area contributed by atoms with Crippen molar-refractivity contribution in [3.05, 3.63) is 76.5 Å². The Kier molecular flexibility index (Phi) is 5.50. The second-order valence-corrected chi connectivity index (χ2v) is 6.28. The third-order valence-corrected chi connectivity index (χ3v) is 4.57. The predicted octanol–water partition coefficient (Wildman–Crippen LogP) is 3.27. The molecule has 1 aliphatic rings. The first-order valence-electron chi connectivity index (χ1n) is 8.70. The number of anilines is 1. The van der Waals surface area contributed by atoms with Crippen molar-refractivity contribution in [1.82, 2.24) is 0 Å². The van der Waals surface area contributed by atoms with E-state index in [0.717, 1.165) is 0 Å². The van der Waals surface area contributed by atoms with Crippen LogP contribution in [0.4, 0.5) is 5.69 Å². The van der Waals surface area contributed by atoms with Crippen LogP contribution in [0.5, 0.6) is 5.75 Å². The monoisotopic (exact) mass is 393 g/mol. The summed E-state index contributed by atoms with van der Waals surface area (Å²) in [5.41, 5.74) is 2.02. The molecule has 1 N–H and O–H groups in total. The summed E-state index contributed by atoms with van der Waals surface area (Å²) in [4.78, 5) is 38.1. The molecule has 0 spiro atoms. The highest BCUT2D eigenvalue weighted by Crippen LogP contribution is 2.36. The molecule has 0 saturated heterocycles. The lowest BCUT2D eigenvalue weighted by Gasteiger charge is -2.18. The van der Waals surface area contributed by atoms with Crippen LogP contribution in [-0.4, -0.2) is 37.2 Å². The molecule has 2 aromatic rings. The van der Waals surface area contributed by atoms with E-state index in [9.17, 15) is 14.4 Å². The van der Waals surface area contributed by atoms with Crippen molar-refractivity contribution in [2.75, 3.05) is 19.1 Å². The molecule has 7 nitrogen and oxygen atoms in total. The predicted molar refractivity (Wildman–Crippen MR) is 107 cm³/mol. The quantitative estimate of drug-likeness (QED) is 0.619. The van der Waals surface area contributed by atoms with E-state index in [4.69, 9.17) is 14.6 Å². The summed E-state index contributed by atoms with van der Waals surface area (Å²) in [6.07, 6.45) is 1.55. The van der Waals surface area contributed by atoms with Crippen molar-refractivity contribution in [3.8, 4) is 5.75 Å². The normalized spacial score (nSPS) is 15.1. The molecule has 0 saturated carbocycles. The van der Waals surface area contributed by atoms with Crippen LogP contribution >= 0.6 is 0 Å². The minimum absolute atomic E-state index is 0.128. The highest BCUT2D eigenvalue weighted by molar-refractivity contribution is 6.23. The third-order valence-electron chi connectivity index (χ3n) is 4.57. The number of amides is 1. The smallest absolute Gasteiger partial charge is 0.340 e. The van der Waals surface area contributed by atoms with E-state index in [1.165, 1.54) is 31.3 Å². The molecule has 1 heterocycles. The molecule has 0 bridgehead atoms. The van der Waals surface area contributed by atoms with Crippen molar-refractivity contribution in [1.29, 1.82) is 0 Å². The van der Waals surface area contributed by atoms with E-state index in [2.05, 4.69) is 0 Å². The van der Waals surface area contributed by atoms with Gasteiger partial charge >= 0.3 is 11.9 Å². The Bertz CT molecular complexity index is 1050. The van der Waals surface area contributed by atoms with Crippen LogP contribution in [0.25, 0.3) is 6.08 Å². The van der Waals surface area contributed by atoms with Gasteiger partial charge in [-0.15, -0.1) is 0 Å². The summed E-state index contributed by atoms with van der Waals surface area (Å²) in [6, 6.07) is 12.9. The molecule has 0 aromatic heterocycles. The van der Waals surface area contributed by atoms with Gasteiger partial charge in [0.1, 0.15) is 5.75 Å². The average molecular weight is 393 g/mol. The maximum absolute atomic E-state index is 13.2. The number of esters is 1. The van der Waals surface area contributed by atoms with E-state index in [1.807, 2.05) is 0 Å². The number of carboxylic acid groups (broad SMARTS) is 1. The summed E-state index contributed by atoms with van der Waals surface area (Å²) in [5.74, 6) is -1.49. The Morgan fingerprint density at radius 2 is 1.76 bits per heavy atom. The largest absolute Gasteiger partial charge is 0.497 e. The first kappa shape index (κ1) is 19.9. The van der Waals surface area contributed by atoms with Gasteiger partial charge in [0.25, 0.3) is 5.91 Å². The molecule has 1 aliphatic heterocycles. The number of nitrogens with zero attached hydrogens (tertiary/aromatic N) is 1. The maximum atomic E-state index is 13.2. The van der Waals surface area contributed by atoms with Crippen LogP contribution in [0.15, 0.2) is 65.4 Å². The zero-order valence-corrected chi connectivity index (χ0v) is 16.1. The fourth-order valence-electron chi connectivity index (χ4n) is 3.13. The molecular formula is C22H19NO6. The van der Waals surface area contributed by atoms with Gasteiger partial charge in [0.2, 0.25) is 0 Å². The summed E-state index contributed by atoms with van der Waals surface area (Å²) >= 11 is 0. The van der Waals surface area contributed by atoms with E-state index in [1.54, 1.807) is 49.4 Å². The molecule has 1 amide bonds. The Balaban J connectivity index is 2.09. The number of benzene rings is 2. The minimum atomic E-state index is -1.05. The molecule has 3 rings (SSSR count). The Labute approximate surface area is 167 Å². The van der Waals surface area contributed by atoms with Gasteiger partial charge in [-0.25, -0.2) is 9.59 Å². The van der Waals surface area contributed by atoms with Crippen molar-refractivity contribution >= 4 is 29.6 Å². The van der Waals surface area contributed by atoms with Crippen molar-refractivity contribution in [2.45, 2.75) is 6.92 Å². The van der Waals surface area contributed by atoms with E-state index in [-0.39, 0.29) is 16.7 Å². The lowest BCUT2D eigenvalue weighted by Crippen LogP contribution is -2.24. The molecule has 0 aliphatic carbocycles. The highest BCUT2D eigenvalue weighted by Gasteiger charge is 2.38. The standard InChI is InChI=1S/C22H19NO6/c1-13-19(22(27)29-3)18(11-14-7-9-15(10-8-14)21(25)26)20(24)23(13)16-5-4-6-17(12-16)28-2/h4-12H,1-3H3,(H,25,26)/b18-11+. The number of rotatable bonds is 5. The Hall–Kier alpha value is -3.87. The zero-order chi connectivity index (χ0) is 21.1. The number of ether oxygens (including phenoxy) is 2. The molecule has 7 heteroatoms. The average Bonchev–Trinajstić information content (AvgIpc) is 2.97. The number of allylic oxidation sites excluding steroid dienone is 1. The van der Waals surface area contributed by atoms with Crippen molar-refractivity contribution < 1.29 is 29.0 Å². The third kappa shape index (κ3) is 3.75. The minimum Gasteiger partial charge on any atom is -0.497 e. The molecule has 0 fully saturated rings. The van der Waals surface area contributed by atoms with Gasteiger partial charge in [0.15, 0.2) is 0 Å². The topological polar surface area (TPSA) is 93.1 Å². The van der Waals surface area contributed by atoms with Crippen LogP contribution in [0.1, 0.15) is 22.8 Å². The summed E-state index contributed by atoms with van der Waals surface area (Å²) in [5, 5.41) is 9.03. The van der Waals surface area contributed by atoms with E-state index in [0.29, 0.717) is 22.7 Å². The lowest BCUT2D eigenvalue weighted by atomic mass is 10.0. The number of carbonyl (C=O) groups excluding carboxylic acids is 2. The molecular weight excluding hydrogens is 374 g/mol. The number of aromatic carboxylic acids is 1. The van der Waals surface area contributed by atoms with Gasteiger partial charge in [-0.3, -0.25) is 9.69 Å². The number of carbonyl (C=O) groups is 3. The lowest BCUT2D eigenvalue weighted by molar-refractivity contribution is -0.136. The van der Waals surface area contributed by atoms with Gasteiger partial charge in [-0.2, -0.15) is 0 Å². The molecule has 148 valence electrons. The van der Waals surface area contributed by atoms with Gasteiger partial charge in [0, 0.05) is 11.8 Å². The van der Waals surface area contributed by atoms with Crippen LogP contribution in [0.3, 0.4) is 0 Å². The van der Waals surface area contributed by atoms with E-state index < -0.39 is 17.8 Å². The highest BCUT2D eigenvalue weighted by atomic mass is 16.5.